The normalized spacial score (nSPS) is 18.6. The predicted octanol–water partition coefficient (Wildman–Crippen LogP) is -2.24. The van der Waals surface area contributed by atoms with E-state index in [0.717, 1.165) is 36.2 Å². The van der Waals surface area contributed by atoms with Crippen LogP contribution < -0.4 is 34.5 Å². The van der Waals surface area contributed by atoms with Gasteiger partial charge in [-0.05, 0) is 47.2 Å². The average Bonchev–Trinajstić information content (AvgIpc) is 2.58. The van der Waals surface area contributed by atoms with Gasteiger partial charge in [0.05, 0.1) is 12.1 Å². The molecule has 3 rings (SSSR count). The van der Waals surface area contributed by atoms with E-state index in [1.54, 1.807) is 17.0 Å². The van der Waals surface area contributed by atoms with E-state index in [1.165, 1.54) is 0 Å². The fourth-order valence-corrected chi connectivity index (χ4v) is 3.02. The largest absolute Gasteiger partial charge is 1.00 e. The Balaban J connectivity index is 0.00000108. The van der Waals surface area contributed by atoms with E-state index in [0.29, 0.717) is 11.3 Å². The van der Waals surface area contributed by atoms with Crippen LogP contribution in [-0.2, 0) is 28.7 Å². The molecule has 1 aromatic rings. The number of benzene rings is 1. The molecule has 6 heteroatoms. The third kappa shape index (κ3) is 2.11. The van der Waals surface area contributed by atoms with Crippen molar-refractivity contribution in [2.45, 2.75) is 24.2 Å². The summed E-state index contributed by atoms with van der Waals surface area (Å²) in [4.78, 5) is 13.8. The molecular weight excluding hydrogens is 249 g/mol. The Morgan fingerprint density at radius 2 is 2.00 bits per heavy atom. The van der Waals surface area contributed by atoms with Gasteiger partial charge in [-0.15, -0.1) is 0 Å². The van der Waals surface area contributed by atoms with Crippen molar-refractivity contribution in [1.29, 1.82) is 0 Å². The smallest absolute Gasteiger partial charge is 0.768 e. The van der Waals surface area contributed by atoms with Crippen LogP contribution in [0.4, 0.5) is 5.69 Å². The Hall–Kier alpha value is -0.200. The number of amides is 1. The molecule has 0 aromatic heterocycles. The predicted molar refractivity (Wildman–Crippen MR) is 58.0 cm³/mol. The molecule has 0 bridgehead atoms. The summed E-state index contributed by atoms with van der Waals surface area (Å²) in [5.74, 6) is 0.0878. The van der Waals surface area contributed by atoms with Crippen LogP contribution in [-0.4, -0.2) is 21.2 Å². The summed E-state index contributed by atoms with van der Waals surface area (Å²) >= 11 is -2.21. The number of aryl methyl sites for hydroxylation is 1. The summed E-state index contributed by atoms with van der Waals surface area (Å²) in [6.07, 6.45) is 2.11. The Morgan fingerprint density at radius 1 is 1.29 bits per heavy atom. The summed E-state index contributed by atoms with van der Waals surface area (Å²) < 4.78 is 21.9. The molecule has 0 aliphatic carbocycles. The van der Waals surface area contributed by atoms with Crippen molar-refractivity contribution in [2.75, 3.05) is 11.4 Å². The number of hydrogen-bond acceptors (Lipinski definition) is 3. The van der Waals surface area contributed by atoms with Crippen LogP contribution in [0.1, 0.15) is 17.5 Å². The zero-order chi connectivity index (χ0) is 11.3. The van der Waals surface area contributed by atoms with E-state index in [-0.39, 0.29) is 35.5 Å². The molecule has 2 heterocycles. The fraction of sp³-hybridized carbons (Fsp3) is 0.364. The summed E-state index contributed by atoms with van der Waals surface area (Å²) in [6, 6.07) is 3.30. The van der Waals surface area contributed by atoms with Gasteiger partial charge in [0, 0.05) is 11.4 Å². The van der Waals surface area contributed by atoms with Gasteiger partial charge in [-0.3, -0.25) is 9.00 Å². The van der Waals surface area contributed by atoms with Crippen molar-refractivity contribution >= 4 is 22.7 Å². The Bertz CT molecular complexity index is 518. The van der Waals surface area contributed by atoms with Crippen LogP contribution in [0.2, 0.25) is 0 Å². The maximum Gasteiger partial charge on any atom is 1.00 e. The summed E-state index contributed by atoms with van der Waals surface area (Å²) in [5.41, 5.74) is 2.82. The van der Waals surface area contributed by atoms with E-state index in [1.807, 2.05) is 0 Å². The molecule has 2 aliphatic rings. The number of nitrogens with zero attached hydrogens (tertiary/aromatic N) is 1. The minimum absolute atomic E-state index is 0. The third-order valence-corrected chi connectivity index (χ3v) is 3.79. The topological polar surface area (TPSA) is 60.4 Å². The maximum atomic E-state index is 11.7. The van der Waals surface area contributed by atoms with Gasteiger partial charge >= 0.3 is 29.6 Å². The molecule has 0 N–H and O–H groups in total. The number of carbonyl (C=O) groups is 1. The van der Waals surface area contributed by atoms with E-state index in [2.05, 4.69) is 0 Å². The van der Waals surface area contributed by atoms with Gasteiger partial charge in [-0.25, -0.2) is 0 Å². The van der Waals surface area contributed by atoms with Crippen molar-refractivity contribution in [2.24, 2.45) is 0 Å². The Morgan fingerprint density at radius 3 is 2.71 bits per heavy atom. The standard InChI is InChI=1S/C11H11NO3S.Na/c13-10-6-8-5-9(16(14)15)4-7-2-1-3-12(10)11(7)8;/h4-5H,1-3,6H2,(H,14,15);/q;+1/p-1. The van der Waals surface area contributed by atoms with E-state index < -0.39 is 11.1 Å². The van der Waals surface area contributed by atoms with Crippen LogP contribution in [0.5, 0.6) is 0 Å². The van der Waals surface area contributed by atoms with Crippen molar-refractivity contribution in [3.8, 4) is 0 Å². The fourth-order valence-electron chi connectivity index (χ4n) is 2.54. The molecule has 0 spiro atoms. The molecule has 2 aliphatic heterocycles. The molecule has 17 heavy (non-hydrogen) atoms. The van der Waals surface area contributed by atoms with Gasteiger partial charge in [0.25, 0.3) is 0 Å². The number of anilines is 1. The molecule has 1 amide bonds. The van der Waals surface area contributed by atoms with E-state index in [9.17, 15) is 13.6 Å². The Kier molecular flexibility index (Phi) is 3.75. The molecule has 84 valence electrons. The number of rotatable bonds is 1. The van der Waals surface area contributed by atoms with Gasteiger partial charge in [-0.2, -0.15) is 0 Å². The third-order valence-electron chi connectivity index (χ3n) is 3.17. The number of hydrogen-bond donors (Lipinski definition) is 0. The molecule has 1 atom stereocenters. The first-order chi connectivity index (χ1) is 7.66. The summed E-state index contributed by atoms with van der Waals surface area (Å²) in [5, 5.41) is 0. The van der Waals surface area contributed by atoms with E-state index in [4.69, 9.17) is 0 Å². The minimum Gasteiger partial charge on any atom is -0.768 e. The minimum atomic E-state index is -2.21. The van der Waals surface area contributed by atoms with Gasteiger partial charge < -0.3 is 9.45 Å². The van der Waals surface area contributed by atoms with Crippen molar-refractivity contribution in [3.05, 3.63) is 23.3 Å². The SMILES string of the molecule is O=C1Cc2cc(S(=O)[O-])cc3c2N1CCC3.[Na+]. The zero-order valence-electron chi connectivity index (χ0n) is 9.56. The molecule has 0 saturated heterocycles. The first-order valence-electron chi connectivity index (χ1n) is 5.22. The molecule has 0 saturated carbocycles. The first-order valence-corrected chi connectivity index (χ1v) is 6.30. The number of carbonyl (C=O) groups excluding carboxylic acids is 1. The second-order valence-electron chi connectivity index (χ2n) is 4.15. The van der Waals surface area contributed by atoms with E-state index >= 15 is 0 Å². The van der Waals surface area contributed by atoms with Gasteiger partial charge in [-0.1, -0.05) is 0 Å². The quantitative estimate of drug-likeness (QED) is 0.423. The molecule has 0 radical (unpaired) electrons. The summed E-state index contributed by atoms with van der Waals surface area (Å²) in [6.45, 7) is 0.763. The molecule has 1 unspecified atom stereocenters. The van der Waals surface area contributed by atoms with Crippen LogP contribution >= 0.6 is 0 Å². The molecule has 4 nitrogen and oxygen atoms in total. The summed E-state index contributed by atoms with van der Waals surface area (Å²) in [7, 11) is 0. The van der Waals surface area contributed by atoms with Crippen molar-refractivity contribution < 1.29 is 43.1 Å². The van der Waals surface area contributed by atoms with Crippen LogP contribution in [0.15, 0.2) is 17.0 Å². The van der Waals surface area contributed by atoms with Gasteiger partial charge in [0.1, 0.15) is 0 Å². The van der Waals surface area contributed by atoms with Gasteiger partial charge in [0.2, 0.25) is 5.91 Å². The second kappa shape index (κ2) is 4.82. The molecule has 1 aromatic carbocycles. The van der Waals surface area contributed by atoms with Crippen LogP contribution in [0.3, 0.4) is 0 Å². The Labute approximate surface area is 124 Å². The average molecular weight is 259 g/mol. The monoisotopic (exact) mass is 259 g/mol. The second-order valence-corrected chi connectivity index (χ2v) is 5.09. The van der Waals surface area contributed by atoms with Crippen molar-refractivity contribution in [3.63, 3.8) is 0 Å². The van der Waals surface area contributed by atoms with Gasteiger partial charge in [0.15, 0.2) is 0 Å². The van der Waals surface area contributed by atoms with Crippen molar-refractivity contribution in [1.82, 2.24) is 0 Å². The van der Waals surface area contributed by atoms with Crippen LogP contribution in [0.25, 0.3) is 0 Å². The first kappa shape index (κ1) is 13.2. The zero-order valence-corrected chi connectivity index (χ0v) is 12.4. The molecular formula is C11H10NNaO3S. The maximum absolute atomic E-state index is 11.7. The molecule has 0 fully saturated rings. The van der Waals surface area contributed by atoms with Crippen LogP contribution in [0, 0.1) is 0 Å².